The van der Waals surface area contributed by atoms with Gasteiger partial charge in [0, 0.05) is 6.54 Å². The molecule has 15 heavy (non-hydrogen) atoms. The third-order valence-corrected chi connectivity index (χ3v) is 1.80. The maximum atomic E-state index is 12.2. The number of rotatable bonds is 4. The van der Waals surface area contributed by atoms with Crippen molar-refractivity contribution in [3.8, 4) is 5.75 Å². The van der Waals surface area contributed by atoms with Gasteiger partial charge in [0.1, 0.15) is 12.4 Å². The van der Waals surface area contributed by atoms with Gasteiger partial charge < -0.3 is 10.1 Å². The molecule has 0 aliphatic heterocycles. The lowest BCUT2D eigenvalue weighted by molar-refractivity contribution is -0.137. The monoisotopic (exact) mass is 219 g/mol. The highest BCUT2D eigenvalue weighted by atomic mass is 19.4. The first-order valence-corrected chi connectivity index (χ1v) is 4.48. The van der Waals surface area contributed by atoms with Crippen molar-refractivity contribution in [2.75, 3.05) is 20.2 Å². The Balaban J connectivity index is 2.57. The van der Waals surface area contributed by atoms with Gasteiger partial charge in [-0.05, 0) is 31.3 Å². The molecule has 0 radical (unpaired) electrons. The SMILES string of the molecule is CNCCOc1ccc(C(F)(F)F)cc1. The molecule has 0 aliphatic rings. The van der Waals surface area contributed by atoms with Crippen molar-refractivity contribution in [2.45, 2.75) is 6.18 Å². The van der Waals surface area contributed by atoms with Crippen molar-refractivity contribution in [1.29, 1.82) is 0 Å². The van der Waals surface area contributed by atoms with E-state index >= 15 is 0 Å². The molecule has 2 nitrogen and oxygen atoms in total. The predicted octanol–water partition coefficient (Wildman–Crippen LogP) is 2.30. The van der Waals surface area contributed by atoms with Gasteiger partial charge in [-0.3, -0.25) is 0 Å². The first-order chi connectivity index (χ1) is 7.04. The molecule has 1 aromatic rings. The van der Waals surface area contributed by atoms with Crippen molar-refractivity contribution in [1.82, 2.24) is 5.32 Å². The minimum absolute atomic E-state index is 0.432. The van der Waals surface area contributed by atoms with Crippen LogP contribution in [0.2, 0.25) is 0 Å². The molecule has 0 saturated carbocycles. The zero-order chi connectivity index (χ0) is 11.3. The zero-order valence-corrected chi connectivity index (χ0v) is 8.27. The van der Waals surface area contributed by atoms with Crippen molar-refractivity contribution in [3.05, 3.63) is 29.8 Å². The van der Waals surface area contributed by atoms with Crippen LogP contribution in [-0.4, -0.2) is 20.2 Å². The lowest BCUT2D eigenvalue weighted by Gasteiger charge is -2.08. The maximum Gasteiger partial charge on any atom is 0.416 e. The van der Waals surface area contributed by atoms with E-state index in [4.69, 9.17) is 4.74 Å². The van der Waals surface area contributed by atoms with Crippen molar-refractivity contribution >= 4 is 0 Å². The normalized spacial score (nSPS) is 11.5. The van der Waals surface area contributed by atoms with Gasteiger partial charge in [-0.15, -0.1) is 0 Å². The van der Waals surface area contributed by atoms with Crippen molar-refractivity contribution in [3.63, 3.8) is 0 Å². The molecular weight excluding hydrogens is 207 g/mol. The van der Waals surface area contributed by atoms with E-state index in [1.807, 2.05) is 0 Å². The molecule has 0 aromatic heterocycles. The molecule has 0 heterocycles. The summed E-state index contributed by atoms with van der Waals surface area (Å²) in [5, 5.41) is 2.87. The van der Waals surface area contributed by atoms with E-state index < -0.39 is 11.7 Å². The minimum atomic E-state index is -4.29. The molecule has 84 valence electrons. The topological polar surface area (TPSA) is 21.3 Å². The van der Waals surface area contributed by atoms with Crippen LogP contribution in [0.5, 0.6) is 5.75 Å². The summed E-state index contributed by atoms with van der Waals surface area (Å²) in [7, 11) is 1.77. The van der Waals surface area contributed by atoms with E-state index in [1.54, 1.807) is 7.05 Å². The third-order valence-electron chi connectivity index (χ3n) is 1.80. The highest BCUT2D eigenvalue weighted by Gasteiger charge is 2.29. The van der Waals surface area contributed by atoms with Crippen LogP contribution < -0.4 is 10.1 Å². The number of ether oxygens (including phenoxy) is 1. The molecule has 1 aromatic carbocycles. The molecule has 0 spiro atoms. The van der Waals surface area contributed by atoms with Crippen LogP contribution in [0.4, 0.5) is 13.2 Å². The molecule has 0 unspecified atom stereocenters. The first-order valence-electron chi connectivity index (χ1n) is 4.48. The molecule has 0 bridgehead atoms. The molecule has 1 rings (SSSR count). The predicted molar refractivity (Wildman–Crippen MR) is 50.9 cm³/mol. The Labute approximate surface area is 86.1 Å². The fourth-order valence-corrected chi connectivity index (χ4v) is 1.01. The van der Waals surface area contributed by atoms with Crippen molar-refractivity contribution in [2.24, 2.45) is 0 Å². The fraction of sp³-hybridized carbons (Fsp3) is 0.400. The molecule has 1 N–H and O–H groups in total. The standard InChI is InChI=1S/C10H12F3NO/c1-14-6-7-15-9-4-2-8(3-5-9)10(11,12)13/h2-5,14H,6-7H2,1H3. The largest absolute Gasteiger partial charge is 0.492 e. The summed E-state index contributed by atoms with van der Waals surface area (Å²) in [5.74, 6) is 0.443. The molecule has 0 saturated heterocycles. The Morgan fingerprint density at radius 1 is 1.20 bits per heavy atom. The van der Waals surface area contributed by atoms with Gasteiger partial charge in [-0.1, -0.05) is 0 Å². The molecule has 0 atom stereocenters. The number of hydrogen-bond donors (Lipinski definition) is 1. The van der Waals surface area contributed by atoms with Gasteiger partial charge in [0.15, 0.2) is 0 Å². The average molecular weight is 219 g/mol. The first kappa shape index (κ1) is 11.8. The van der Waals surface area contributed by atoms with E-state index in [0.717, 1.165) is 12.1 Å². The summed E-state index contributed by atoms with van der Waals surface area (Å²) in [6.07, 6.45) is -4.29. The summed E-state index contributed by atoms with van der Waals surface area (Å²) in [6, 6.07) is 4.65. The Morgan fingerprint density at radius 3 is 2.27 bits per heavy atom. The Morgan fingerprint density at radius 2 is 1.80 bits per heavy atom. The van der Waals surface area contributed by atoms with E-state index in [-0.39, 0.29) is 0 Å². The average Bonchev–Trinajstić information content (AvgIpc) is 2.18. The number of nitrogens with one attached hydrogen (secondary N) is 1. The summed E-state index contributed by atoms with van der Waals surface area (Å²) in [5.41, 5.74) is -0.663. The van der Waals surface area contributed by atoms with Crippen molar-refractivity contribution < 1.29 is 17.9 Å². The number of likely N-dealkylation sites (N-methyl/N-ethyl adjacent to an activating group) is 1. The summed E-state index contributed by atoms with van der Waals surface area (Å²) in [6.45, 7) is 1.09. The zero-order valence-electron chi connectivity index (χ0n) is 8.27. The van der Waals surface area contributed by atoms with Crippen LogP contribution >= 0.6 is 0 Å². The second-order valence-electron chi connectivity index (χ2n) is 2.97. The van der Waals surface area contributed by atoms with Gasteiger partial charge in [-0.25, -0.2) is 0 Å². The molecule has 0 fully saturated rings. The molecule has 0 aliphatic carbocycles. The number of hydrogen-bond acceptors (Lipinski definition) is 2. The smallest absolute Gasteiger partial charge is 0.416 e. The number of benzene rings is 1. The second kappa shape index (κ2) is 5.02. The lowest BCUT2D eigenvalue weighted by Crippen LogP contribution is -2.16. The molecular formula is C10H12F3NO. The minimum Gasteiger partial charge on any atom is -0.492 e. The van der Waals surface area contributed by atoms with Crippen LogP contribution in [-0.2, 0) is 6.18 Å². The lowest BCUT2D eigenvalue weighted by atomic mass is 10.2. The van der Waals surface area contributed by atoms with E-state index in [2.05, 4.69) is 5.32 Å². The Hall–Kier alpha value is -1.23. The summed E-state index contributed by atoms with van der Waals surface area (Å²) in [4.78, 5) is 0. The highest BCUT2D eigenvalue weighted by Crippen LogP contribution is 2.30. The third kappa shape index (κ3) is 3.79. The summed E-state index contributed by atoms with van der Waals surface area (Å²) >= 11 is 0. The number of alkyl halides is 3. The van der Waals surface area contributed by atoms with Gasteiger partial charge in [0.05, 0.1) is 5.56 Å². The van der Waals surface area contributed by atoms with Gasteiger partial charge in [0.2, 0.25) is 0 Å². The van der Waals surface area contributed by atoms with Crippen LogP contribution in [0.15, 0.2) is 24.3 Å². The van der Waals surface area contributed by atoms with E-state index in [9.17, 15) is 13.2 Å². The fourth-order valence-electron chi connectivity index (χ4n) is 1.01. The van der Waals surface area contributed by atoms with Gasteiger partial charge >= 0.3 is 6.18 Å². The van der Waals surface area contributed by atoms with Crippen LogP contribution in [0.1, 0.15) is 5.56 Å². The van der Waals surface area contributed by atoms with E-state index in [0.29, 0.717) is 18.9 Å². The Bertz CT molecular complexity index is 295. The van der Waals surface area contributed by atoms with Gasteiger partial charge in [-0.2, -0.15) is 13.2 Å². The highest BCUT2D eigenvalue weighted by molar-refractivity contribution is 5.28. The van der Waals surface area contributed by atoms with Crippen LogP contribution in [0.3, 0.4) is 0 Å². The van der Waals surface area contributed by atoms with Crippen LogP contribution in [0.25, 0.3) is 0 Å². The van der Waals surface area contributed by atoms with Gasteiger partial charge in [0.25, 0.3) is 0 Å². The summed E-state index contributed by atoms with van der Waals surface area (Å²) < 4.78 is 41.7. The van der Waals surface area contributed by atoms with E-state index in [1.165, 1.54) is 12.1 Å². The number of halogens is 3. The second-order valence-corrected chi connectivity index (χ2v) is 2.97. The molecule has 5 heteroatoms. The van der Waals surface area contributed by atoms with Crippen LogP contribution in [0, 0.1) is 0 Å². The quantitative estimate of drug-likeness (QED) is 0.784. The Kier molecular flexibility index (Phi) is 3.96. The maximum absolute atomic E-state index is 12.2. The molecule has 0 amide bonds.